The quantitative estimate of drug-likeness (QED) is 0.236. The molecule has 2 unspecified atom stereocenters. The third-order valence-corrected chi connectivity index (χ3v) is 10.9. The first kappa shape index (κ1) is 27.5. The first-order valence-electron chi connectivity index (χ1n) is 16.4. The van der Waals surface area contributed by atoms with E-state index in [9.17, 15) is 9.59 Å². The van der Waals surface area contributed by atoms with Crippen molar-refractivity contribution in [2.24, 2.45) is 24.8 Å². The Morgan fingerprint density at radius 3 is 2.63 bits per heavy atom. The molecule has 3 fully saturated rings. The lowest BCUT2D eigenvalue weighted by molar-refractivity contribution is -0.118. The number of ether oxygens (including phenoxy) is 2. The van der Waals surface area contributed by atoms with Crippen LogP contribution in [-0.4, -0.2) is 57.1 Å². The van der Waals surface area contributed by atoms with Crippen LogP contribution in [0.2, 0.25) is 0 Å². The maximum absolute atomic E-state index is 13.8. The van der Waals surface area contributed by atoms with Gasteiger partial charge in [0.15, 0.2) is 12.4 Å². The topological polar surface area (TPSA) is 90.6 Å². The van der Waals surface area contributed by atoms with Crippen LogP contribution in [0.4, 0.5) is 5.69 Å². The Morgan fingerprint density at radius 1 is 1.04 bits per heavy atom. The van der Waals surface area contributed by atoms with Crippen molar-refractivity contribution in [3.63, 3.8) is 0 Å². The second kappa shape index (κ2) is 10.1. The van der Waals surface area contributed by atoms with Gasteiger partial charge in [-0.05, 0) is 91.0 Å². The van der Waals surface area contributed by atoms with Crippen LogP contribution in [0, 0.1) is 17.8 Å². The van der Waals surface area contributed by atoms with Crippen LogP contribution in [0.5, 0.6) is 11.5 Å². The fourth-order valence-corrected chi connectivity index (χ4v) is 8.16. The normalized spacial score (nSPS) is 21.9. The fourth-order valence-electron chi connectivity index (χ4n) is 8.16. The highest BCUT2D eigenvalue weighted by Gasteiger charge is 2.46. The third kappa shape index (κ3) is 4.24. The molecule has 2 aliphatic carbocycles. The molecular weight excluding hydrogens is 578 g/mol. The van der Waals surface area contributed by atoms with Gasteiger partial charge in [-0.3, -0.25) is 9.59 Å². The highest BCUT2D eigenvalue weighted by molar-refractivity contribution is 6.01. The summed E-state index contributed by atoms with van der Waals surface area (Å²) in [5.74, 6) is 3.96. The molecule has 1 saturated heterocycles. The smallest absolute Gasteiger partial charge is 0.262 e. The Morgan fingerprint density at radius 2 is 1.87 bits per heavy atom. The van der Waals surface area contributed by atoms with Gasteiger partial charge in [-0.1, -0.05) is 25.1 Å². The maximum Gasteiger partial charge on any atom is 0.262 e. The fraction of sp³-hybridized carbons (Fsp3) is 0.378. The van der Waals surface area contributed by atoms with Gasteiger partial charge in [-0.2, -0.15) is 0 Å². The molecule has 9 rings (SSSR count). The van der Waals surface area contributed by atoms with Gasteiger partial charge in [0.05, 0.1) is 24.0 Å². The van der Waals surface area contributed by atoms with Crippen LogP contribution in [0.15, 0.2) is 54.6 Å². The molecule has 4 aliphatic rings. The summed E-state index contributed by atoms with van der Waals surface area (Å²) in [5.41, 5.74) is 7.31. The first-order valence-corrected chi connectivity index (χ1v) is 16.4. The van der Waals surface area contributed by atoms with E-state index in [-0.39, 0.29) is 18.4 Å². The van der Waals surface area contributed by atoms with E-state index in [4.69, 9.17) is 14.5 Å². The van der Waals surface area contributed by atoms with Gasteiger partial charge < -0.3 is 28.8 Å². The van der Waals surface area contributed by atoms with E-state index in [2.05, 4.69) is 50.5 Å². The Hall–Kier alpha value is -4.79. The van der Waals surface area contributed by atoms with Gasteiger partial charge in [0.2, 0.25) is 0 Å². The Balaban J connectivity index is 1.13. The second-order valence-corrected chi connectivity index (χ2v) is 13.7. The molecule has 2 saturated carbocycles. The summed E-state index contributed by atoms with van der Waals surface area (Å²) in [4.78, 5) is 32.8. The highest BCUT2D eigenvalue weighted by Crippen LogP contribution is 2.44. The van der Waals surface area contributed by atoms with E-state index in [0.29, 0.717) is 46.5 Å². The number of carbonyl (C=O) groups excluding carboxylic acids is 2. The van der Waals surface area contributed by atoms with E-state index in [1.807, 2.05) is 37.4 Å². The van der Waals surface area contributed by atoms with E-state index in [1.165, 1.54) is 19.3 Å². The van der Waals surface area contributed by atoms with Crippen LogP contribution < -0.4 is 14.8 Å². The summed E-state index contributed by atoms with van der Waals surface area (Å²) in [6, 6.07) is 18.9. The van der Waals surface area contributed by atoms with Crippen LogP contribution >= 0.6 is 0 Å². The lowest BCUT2D eigenvalue weighted by Crippen LogP contribution is -2.38. The lowest BCUT2D eigenvalue weighted by Gasteiger charge is -2.27. The number of likely N-dealkylation sites (tertiary alicyclic amines) is 1. The molecule has 0 spiro atoms. The van der Waals surface area contributed by atoms with Crippen molar-refractivity contribution in [3.8, 4) is 34.1 Å². The minimum Gasteiger partial charge on any atom is -0.494 e. The van der Waals surface area contributed by atoms with Gasteiger partial charge in [-0.25, -0.2) is 4.98 Å². The zero-order valence-electron chi connectivity index (χ0n) is 26.4. The zero-order valence-corrected chi connectivity index (χ0v) is 26.4. The number of piperidine rings is 1. The summed E-state index contributed by atoms with van der Waals surface area (Å²) in [7, 11) is 3.70. The number of imidazole rings is 1. The SMILES string of the molecule is COc1cc(C(=O)N2CC3CCC2[C@@H]3C)cc2nc(-c3cc4ccc(-c5ccc6c(c5)OCC(=O)N6)cc4n3CC3CC3)n(C)c12. The molecule has 2 amide bonds. The second-order valence-electron chi connectivity index (χ2n) is 13.7. The average molecular weight is 616 g/mol. The molecule has 3 aromatic carbocycles. The van der Waals surface area contributed by atoms with Crippen LogP contribution in [0.3, 0.4) is 0 Å². The van der Waals surface area contributed by atoms with Crippen molar-refractivity contribution < 1.29 is 19.1 Å². The highest BCUT2D eigenvalue weighted by atomic mass is 16.5. The number of carbonyl (C=O) groups is 2. The van der Waals surface area contributed by atoms with Gasteiger partial charge >= 0.3 is 0 Å². The molecule has 4 heterocycles. The van der Waals surface area contributed by atoms with Crippen LogP contribution in [-0.2, 0) is 18.4 Å². The number of benzene rings is 3. The lowest BCUT2D eigenvalue weighted by atomic mass is 10.0. The molecule has 2 aromatic heterocycles. The summed E-state index contributed by atoms with van der Waals surface area (Å²) in [5, 5.41) is 4.02. The minimum atomic E-state index is -0.137. The predicted molar refractivity (Wildman–Crippen MR) is 177 cm³/mol. The standard InChI is InChI=1S/C37H37N5O4/c1-20-25-9-11-29(20)42(18-25)37(44)26-12-28-35(33(16-26)45-3)40(2)36(39-28)31-14-24-7-6-22(13-30(24)41(31)17-21-4-5-21)23-8-10-27-32(15-23)46-19-34(43)38-27/h6-8,10,12-16,20-21,25,29H,4-5,9,11,17-19H2,1-3H3,(H,38,43)/t20-,25?,29?/m1/s1. The third-order valence-electron chi connectivity index (χ3n) is 10.9. The summed E-state index contributed by atoms with van der Waals surface area (Å²) < 4.78 is 16.1. The van der Waals surface area contributed by atoms with Crippen molar-refractivity contribution in [3.05, 3.63) is 60.2 Å². The van der Waals surface area contributed by atoms with Crippen molar-refractivity contribution in [2.75, 3.05) is 25.6 Å². The van der Waals surface area contributed by atoms with E-state index in [0.717, 1.165) is 64.1 Å². The monoisotopic (exact) mass is 615 g/mol. The number of nitrogens with zero attached hydrogens (tertiary/aromatic N) is 4. The predicted octanol–water partition coefficient (Wildman–Crippen LogP) is 6.48. The number of methoxy groups -OCH3 is 1. The molecule has 5 aromatic rings. The Bertz CT molecular complexity index is 2090. The summed E-state index contributed by atoms with van der Waals surface area (Å²) >= 11 is 0. The van der Waals surface area contributed by atoms with E-state index in [1.54, 1.807) is 7.11 Å². The number of aromatic nitrogens is 3. The van der Waals surface area contributed by atoms with E-state index < -0.39 is 0 Å². The summed E-state index contributed by atoms with van der Waals surface area (Å²) in [6.07, 6.45) is 4.77. The van der Waals surface area contributed by atoms with Crippen LogP contribution in [0.25, 0.3) is 44.6 Å². The van der Waals surface area contributed by atoms with Gasteiger partial charge in [-0.15, -0.1) is 0 Å². The van der Waals surface area contributed by atoms with Gasteiger partial charge in [0, 0.05) is 42.6 Å². The van der Waals surface area contributed by atoms with Crippen molar-refractivity contribution in [1.29, 1.82) is 0 Å². The van der Waals surface area contributed by atoms with Crippen molar-refractivity contribution >= 4 is 39.4 Å². The molecule has 9 nitrogen and oxygen atoms in total. The average Bonchev–Trinajstić information content (AvgIpc) is 3.47. The Kier molecular flexibility index (Phi) is 6.05. The number of hydrogen-bond acceptors (Lipinski definition) is 5. The van der Waals surface area contributed by atoms with Crippen molar-refractivity contribution in [1.82, 2.24) is 19.0 Å². The minimum absolute atomic E-state index is 0.0278. The number of nitrogens with one attached hydrogen (secondary N) is 1. The first-order chi connectivity index (χ1) is 22.4. The van der Waals surface area contributed by atoms with Crippen molar-refractivity contribution in [2.45, 2.75) is 45.2 Å². The number of fused-ring (bicyclic) bond motifs is 5. The molecular formula is C37H37N5O4. The molecule has 9 heteroatoms. The Labute approximate surface area is 267 Å². The molecule has 46 heavy (non-hydrogen) atoms. The van der Waals surface area contributed by atoms with E-state index >= 15 is 0 Å². The van der Waals surface area contributed by atoms with Gasteiger partial charge in [0.25, 0.3) is 11.8 Å². The van der Waals surface area contributed by atoms with Crippen LogP contribution in [0.1, 0.15) is 43.0 Å². The largest absolute Gasteiger partial charge is 0.494 e. The molecule has 2 aliphatic heterocycles. The maximum atomic E-state index is 13.8. The number of amides is 2. The molecule has 234 valence electrons. The molecule has 0 radical (unpaired) electrons. The molecule has 2 bridgehead atoms. The molecule has 1 N–H and O–H groups in total. The summed E-state index contributed by atoms with van der Waals surface area (Å²) in [6.45, 7) is 4.08. The zero-order chi connectivity index (χ0) is 31.3. The number of rotatable bonds is 6. The van der Waals surface area contributed by atoms with Gasteiger partial charge in [0.1, 0.15) is 17.0 Å². The number of hydrogen-bond donors (Lipinski definition) is 1. The number of anilines is 1. The molecule has 3 atom stereocenters. The number of aryl methyl sites for hydroxylation is 1.